The maximum atomic E-state index is 10.2. The minimum atomic E-state index is -0.714. The molecule has 0 radical (unpaired) electrons. The van der Waals surface area contributed by atoms with Crippen molar-refractivity contribution in [1.82, 2.24) is 0 Å². The third-order valence-electron chi connectivity index (χ3n) is 2.17. The van der Waals surface area contributed by atoms with E-state index in [2.05, 4.69) is 5.16 Å². The lowest BCUT2D eigenvalue weighted by molar-refractivity contribution is -0.137. The number of rotatable bonds is 10. The number of carboxylic acids is 1. The second kappa shape index (κ2) is 11.2. The van der Waals surface area contributed by atoms with Gasteiger partial charge in [-0.1, -0.05) is 18.0 Å². The Morgan fingerprint density at radius 3 is 2.47 bits per heavy atom. The number of ether oxygens (including phenoxy) is 1. The van der Waals surface area contributed by atoms with Crippen LogP contribution in [0.5, 0.6) is 0 Å². The van der Waals surface area contributed by atoms with Crippen LogP contribution >= 0.6 is 0 Å². The molecule has 0 unspecified atom stereocenters. The van der Waals surface area contributed by atoms with Crippen molar-refractivity contribution >= 4 is 11.9 Å². The summed E-state index contributed by atoms with van der Waals surface area (Å²) in [4.78, 5) is 15.3. The third-order valence-corrected chi connectivity index (χ3v) is 2.17. The molecule has 0 rings (SSSR count). The SMILES string of the molecule is CCOC(C)=NOCCCCCCCC(=O)O. The summed E-state index contributed by atoms with van der Waals surface area (Å²) in [5, 5.41) is 12.2. The number of hydrogen-bond acceptors (Lipinski definition) is 4. The molecule has 0 aromatic carbocycles. The highest BCUT2D eigenvalue weighted by Crippen LogP contribution is 2.05. The average Bonchev–Trinajstić information content (AvgIpc) is 2.27. The molecule has 0 saturated carbocycles. The highest BCUT2D eigenvalue weighted by molar-refractivity contribution is 5.72. The molecule has 1 N–H and O–H groups in total. The molecule has 5 heteroatoms. The van der Waals surface area contributed by atoms with Crippen LogP contribution in [0.25, 0.3) is 0 Å². The quantitative estimate of drug-likeness (QED) is 0.278. The summed E-state index contributed by atoms with van der Waals surface area (Å²) in [6, 6.07) is 0. The Balaban J connectivity index is 3.18. The zero-order chi connectivity index (χ0) is 12.9. The number of aliphatic carboxylic acids is 1. The Hall–Kier alpha value is -1.26. The molecule has 5 nitrogen and oxygen atoms in total. The summed E-state index contributed by atoms with van der Waals surface area (Å²) in [6.07, 6.45) is 5.03. The van der Waals surface area contributed by atoms with E-state index < -0.39 is 5.97 Å². The second-order valence-corrected chi connectivity index (χ2v) is 3.79. The van der Waals surface area contributed by atoms with Gasteiger partial charge >= 0.3 is 5.97 Å². The van der Waals surface area contributed by atoms with E-state index in [-0.39, 0.29) is 6.42 Å². The number of carboxylic acid groups (broad SMARTS) is 1. The number of hydrogen-bond donors (Lipinski definition) is 1. The Kier molecular flexibility index (Phi) is 10.4. The van der Waals surface area contributed by atoms with Gasteiger partial charge in [-0.05, 0) is 26.2 Å². The fourth-order valence-electron chi connectivity index (χ4n) is 1.34. The minimum Gasteiger partial charge on any atom is -0.481 e. The van der Waals surface area contributed by atoms with Gasteiger partial charge in [-0.3, -0.25) is 4.79 Å². The summed E-state index contributed by atoms with van der Waals surface area (Å²) in [5.41, 5.74) is 0. The van der Waals surface area contributed by atoms with Crippen LogP contribution in [-0.4, -0.2) is 30.2 Å². The third kappa shape index (κ3) is 12.7. The molecular formula is C12H23NO4. The van der Waals surface area contributed by atoms with E-state index in [1.807, 2.05) is 6.92 Å². The van der Waals surface area contributed by atoms with Crippen LogP contribution in [0, 0.1) is 0 Å². The van der Waals surface area contributed by atoms with Crippen LogP contribution in [0.1, 0.15) is 52.4 Å². The fourth-order valence-corrected chi connectivity index (χ4v) is 1.34. The van der Waals surface area contributed by atoms with Crippen LogP contribution in [0.4, 0.5) is 0 Å². The fraction of sp³-hybridized carbons (Fsp3) is 0.833. The second-order valence-electron chi connectivity index (χ2n) is 3.79. The van der Waals surface area contributed by atoms with E-state index >= 15 is 0 Å². The first-order valence-corrected chi connectivity index (χ1v) is 6.18. The molecular weight excluding hydrogens is 222 g/mol. The molecule has 0 aromatic heterocycles. The number of nitrogens with zero attached hydrogens (tertiary/aromatic N) is 1. The number of oxime groups is 1. The summed E-state index contributed by atoms with van der Waals surface area (Å²) in [7, 11) is 0. The van der Waals surface area contributed by atoms with Crippen LogP contribution in [-0.2, 0) is 14.4 Å². The zero-order valence-corrected chi connectivity index (χ0v) is 10.8. The van der Waals surface area contributed by atoms with Gasteiger partial charge in [-0.2, -0.15) is 0 Å². The van der Waals surface area contributed by atoms with Crippen LogP contribution in [0.2, 0.25) is 0 Å². The minimum absolute atomic E-state index is 0.272. The van der Waals surface area contributed by atoms with Crippen molar-refractivity contribution in [2.75, 3.05) is 13.2 Å². The molecule has 0 atom stereocenters. The van der Waals surface area contributed by atoms with E-state index in [9.17, 15) is 4.79 Å². The highest BCUT2D eigenvalue weighted by Gasteiger charge is 1.96. The highest BCUT2D eigenvalue weighted by atomic mass is 16.6. The van der Waals surface area contributed by atoms with Crippen molar-refractivity contribution in [2.45, 2.75) is 52.4 Å². The van der Waals surface area contributed by atoms with Gasteiger partial charge in [0, 0.05) is 13.3 Å². The zero-order valence-electron chi connectivity index (χ0n) is 10.8. The number of carbonyl (C=O) groups is 1. The van der Waals surface area contributed by atoms with Gasteiger partial charge in [0.25, 0.3) is 0 Å². The lowest BCUT2D eigenvalue weighted by atomic mass is 10.1. The maximum Gasteiger partial charge on any atom is 0.303 e. The Bertz CT molecular complexity index is 229. The van der Waals surface area contributed by atoms with Gasteiger partial charge < -0.3 is 14.7 Å². The Morgan fingerprint density at radius 1 is 1.18 bits per heavy atom. The normalized spacial score (nSPS) is 11.3. The topological polar surface area (TPSA) is 68.1 Å². The summed E-state index contributed by atoms with van der Waals surface area (Å²) in [5.74, 6) is -0.164. The molecule has 0 saturated heterocycles. The molecule has 0 aromatic rings. The predicted octanol–water partition coefficient (Wildman–Crippen LogP) is 2.80. The lowest BCUT2D eigenvalue weighted by Crippen LogP contribution is -2.00. The van der Waals surface area contributed by atoms with Gasteiger partial charge in [-0.15, -0.1) is 0 Å². The standard InChI is InChI=1S/C12H23NO4/c1-3-16-11(2)13-17-10-8-6-4-5-7-9-12(14)15/h3-10H2,1-2H3,(H,14,15). The van der Waals surface area contributed by atoms with E-state index in [4.69, 9.17) is 14.7 Å². The van der Waals surface area contributed by atoms with Crippen LogP contribution < -0.4 is 0 Å². The van der Waals surface area contributed by atoms with Gasteiger partial charge in [0.2, 0.25) is 5.90 Å². The van der Waals surface area contributed by atoms with E-state index in [0.29, 0.717) is 19.1 Å². The Morgan fingerprint density at radius 2 is 1.82 bits per heavy atom. The molecule has 0 heterocycles. The smallest absolute Gasteiger partial charge is 0.303 e. The van der Waals surface area contributed by atoms with Crippen molar-refractivity contribution in [1.29, 1.82) is 0 Å². The van der Waals surface area contributed by atoms with Gasteiger partial charge in [0.15, 0.2) is 0 Å². The maximum absolute atomic E-state index is 10.2. The molecule has 0 aliphatic rings. The van der Waals surface area contributed by atoms with E-state index in [1.54, 1.807) is 6.92 Å². The van der Waals surface area contributed by atoms with Crippen molar-refractivity contribution in [3.63, 3.8) is 0 Å². The van der Waals surface area contributed by atoms with Gasteiger partial charge in [0.05, 0.1) is 6.61 Å². The van der Waals surface area contributed by atoms with E-state index in [0.717, 1.165) is 32.1 Å². The van der Waals surface area contributed by atoms with E-state index in [1.165, 1.54) is 0 Å². The summed E-state index contributed by atoms with van der Waals surface area (Å²) >= 11 is 0. The van der Waals surface area contributed by atoms with Crippen LogP contribution in [0.3, 0.4) is 0 Å². The van der Waals surface area contributed by atoms with Gasteiger partial charge in [0.1, 0.15) is 6.61 Å². The molecule has 0 bridgehead atoms. The first-order chi connectivity index (χ1) is 8.16. The molecule has 17 heavy (non-hydrogen) atoms. The lowest BCUT2D eigenvalue weighted by Gasteiger charge is -2.02. The molecule has 100 valence electrons. The first-order valence-electron chi connectivity index (χ1n) is 6.18. The van der Waals surface area contributed by atoms with Crippen molar-refractivity contribution in [2.24, 2.45) is 5.16 Å². The molecule has 0 fully saturated rings. The molecule has 0 spiro atoms. The van der Waals surface area contributed by atoms with Gasteiger partial charge in [-0.25, -0.2) is 0 Å². The largest absolute Gasteiger partial charge is 0.481 e. The Labute approximate surface area is 103 Å². The van der Waals surface area contributed by atoms with Crippen LogP contribution in [0.15, 0.2) is 5.16 Å². The van der Waals surface area contributed by atoms with Crippen molar-refractivity contribution in [3.8, 4) is 0 Å². The predicted molar refractivity (Wildman–Crippen MR) is 66.0 cm³/mol. The molecule has 0 aliphatic heterocycles. The summed E-state index contributed by atoms with van der Waals surface area (Å²) < 4.78 is 5.09. The number of unbranched alkanes of at least 4 members (excludes halogenated alkanes) is 4. The first kappa shape index (κ1) is 15.7. The molecule has 0 amide bonds. The average molecular weight is 245 g/mol. The van der Waals surface area contributed by atoms with Crippen molar-refractivity contribution < 1.29 is 19.5 Å². The van der Waals surface area contributed by atoms with Crippen molar-refractivity contribution in [3.05, 3.63) is 0 Å². The monoisotopic (exact) mass is 245 g/mol. The molecule has 0 aliphatic carbocycles. The summed E-state index contributed by atoms with van der Waals surface area (Å²) in [6.45, 7) is 4.84.